The summed E-state index contributed by atoms with van der Waals surface area (Å²) in [7, 11) is 0. The number of nitrogens with one attached hydrogen (secondary N) is 1. The number of ether oxygens (including phenoxy) is 1. The first-order valence-electron chi connectivity index (χ1n) is 5.77. The topological polar surface area (TPSA) is 21.3 Å². The molecule has 1 N–H and O–H groups in total. The molecule has 0 radical (unpaired) electrons. The number of hydrogen-bond donors (Lipinski definition) is 1. The lowest BCUT2D eigenvalue weighted by Gasteiger charge is -2.27. The van der Waals surface area contributed by atoms with Crippen molar-refractivity contribution in [2.24, 2.45) is 11.3 Å². The summed E-state index contributed by atoms with van der Waals surface area (Å²) in [5.41, 5.74) is 0.400. The molecule has 2 nitrogen and oxygen atoms in total. The van der Waals surface area contributed by atoms with E-state index in [2.05, 4.69) is 39.9 Å². The second-order valence-corrected chi connectivity index (χ2v) is 5.08. The zero-order chi connectivity index (χ0) is 11.0. The molecule has 0 aliphatic rings. The van der Waals surface area contributed by atoms with Gasteiger partial charge in [-0.25, -0.2) is 0 Å². The molecule has 0 aromatic carbocycles. The third-order valence-electron chi connectivity index (χ3n) is 2.70. The van der Waals surface area contributed by atoms with Crippen LogP contribution in [-0.4, -0.2) is 26.3 Å². The van der Waals surface area contributed by atoms with Gasteiger partial charge in [-0.3, -0.25) is 0 Å². The van der Waals surface area contributed by atoms with Crippen molar-refractivity contribution in [1.82, 2.24) is 5.32 Å². The van der Waals surface area contributed by atoms with Gasteiger partial charge in [0.15, 0.2) is 0 Å². The molecular formula is C12H27NO. The van der Waals surface area contributed by atoms with Gasteiger partial charge in [-0.2, -0.15) is 0 Å². The van der Waals surface area contributed by atoms with Gasteiger partial charge >= 0.3 is 0 Å². The summed E-state index contributed by atoms with van der Waals surface area (Å²) in [5.74, 6) is 0.702. The largest absolute Gasteiger partial charge is 0.380 e. The normalized spacial score (nSPS) is 14.4. The molecule has 0 aliphatic heterocycles. The molecule has 0 amide bonds. The molecule has 0 bridgehead atoms. The standard InChI is InChI=1S/C12H27NO/c1-6-8-14-9-7-13-10-11(2)12(3,4)5/h11,13H,6-10H2,1-5H3. The van der Waals surface area contributed by atoms with Crippen LogP contribution in [0.2, 0.25) is 0 Å². The molecule has 0 aliphatic carbocycles. The molecule has 0 rings (SSSR count). The van der Waals surface area contributed by atoms with E-state index in [4.69, 9.17) is 4.74 Å². The lowest BCUT2D eigenvalue weighted by Crippen LogP contribution is -2.31. The lowest BCUT2D eigenvalue weighted by molar-refractivity contribution is 0.133. The molecule has 0 saturated heterocycles. The molecule has 86 valence electrons. The van der Waals surface area contributed by atoms with Crippen molar-refractivity contribution in [1.29, 1.82) is 0 Å². The zero-order valence-corrected chi connectivity index (χ0v) is 10.5. The second kappa shape index (κ2) is 7.24. The van der Waals surface area contributed by atoms with Crippen molar-refractivity contribution in [3.8, 4) is 0 Å². The van der Waals surface area contributed by atoms with Crippen LogP contribution < -0.4 is 5.32 Å². The van der Waals surface area contributed by atoms with E-state index in [9.17, 15) is 0 Å². The third kappa shape index (κ3) is 7.34. The Balaban J connectivity index is 3.28. The Hall–Kier alpha value is -0.0800. The van der Waals surface area contributed by atoms with Crippen LogP contribution in [-0.2, 0) is 4.74 Å². The summed E-state index contributed by atoms with van der Waals surface area (Å²) in [6.45, 7) is 15.1. The Morgan fingerprint density at radius 1 is 1.21 bits per heavy atom. The van der Waals surface area contributed by atoms with Crippen molar-refractivity contribution in [3.05, 3.63) is 0 Å². The molecule has 1 atom stereocenters. The minimum Gasteiger partial charge on any atom is -0.380 e. The lowest BCUT2D eigenvalue weighted by atomic mass is 9.82. The van der Waals surface area contributed by atoms with Crippen LogP contribution in [0, 0.1) is 11.3 Å². The molecule has 1 unspecified atom stereocenters. The molecule has 0 spiro atoms. The monoisotopic (exact) mass is 201 g/mol. The molecule has 0 fully saturated rings. The van der Waals surface area contributed by atoms with Gasteiger partial charge in [0.1, 0.15) is 0 Å². The fourth-order valence-corrected chi connectivity index (χ4v) is 1.02. The highest BCUT2D eigenvalue weighted by Crippen LogP contribution is 2.24. The maximum Gasteiger partial charge on any atom is 0.0590 e. The third-order valence-corrected chi connectivity index (χ3v) is 2.70. The van der Waals surface area contributed by atoms with Crippen molar-refractivity contribution in [2.75, 3.05) is 26.3 Å². The van der Waals surface area contributed by atoms with Gasteiger partial charge in [-0.15, -0.1) is 0 Å². The van der Waals surface area contributed by atoms with E-state index in [1.165, 1.54) is 0 Å². The van der Waals surface area contributed by atoms with Crippen LogP contribution >= 0.6 is 0 Å². The fraction of sp³-hybridized carbons (Fsp3) is 1.00. The van der Waals surface area contributed by atoms with E-state index in [-0.39, 0.29) is 0 Å². The van der Waals surface area contributed by atoms with E-state index in [1.54, 1.807) is 0 Å². The molecule has 0 aromatic heterocycles. The van der Waals surface area contributed by atoms with Gasteiger partial charge in [-0.05, 0) is 24.3 Å². The van der Waals surface area contributed by atoms with E-state index >= 15 is 0 Å². The molecule has 2 heteroatoms. The maximum atomic E-state index is 5.39. The van der Waals surface area contributed by atoms with E-state index < -0.39 is 0 Å². The Morgan fingerprint density at radius 3 is 2.36 bits per heavy atom. The molecule has 0 heterocycles. The van der Waals surface area contributed by atoms with Gasteiger partial charge < -0.3 is 10.1 Å². The Bertz CT molecular complexity index is 129. The van der Waals surface area contributed by atoms with Crippen LogP contribution in [0.25, 0.3) is 0 Å². The van der Waals surface area contributed by atoms with E-state index in [0.29, 0.717) is 11.3 Å². The Labute approximate surface area is 89.4 Å². The average molecular weight is 201 g/mol. The predicted octanol–water partition coefficient (Wildman–Crippen LogP) is 2.68. The van der Waals surface area contributed by atoms with Crippen LogP contribution in [0.1, 0.15) is 41.0 Å². The van der Waals surface area contributed by atoms with Gasteiger partial charge in [0.2, 0.25) is 0 Å². The van der Waals surface area contributed by atoms with Gasteiger partial charge in [0.05, 0.1) is 6.61 Å². The molecular weight excluding hydrogens is 174 g/mol. The fourth-order valence-electron chi connectivity index (χ4n) is 1.02. The van der Waals surface area contributed by atoms with Crippen molar-refractivity contribution in [2.45, 2.75) is 41.0 Å². The highest BCUT2D eigenvalue weighted by atomic mass is 16.5. The second-order valence-electron chi connectivity index (χ2n) is 5.08. The summed E-state index contributed by atoms with van der Waals surface area (Å²) in [4.78, 5) is 0. The average Bonchev–Trinajstić information content (AvgIpc) is 2.09. The smallest absolute Gasteiger partial charge is 0.0590 e. The number of hydrogen-bond acceptors (Lipinski definition) is 2. The first-order valence-corrected chi connectivity index (χ1v) is 5.77. The van der Waals surface area contributed by atoms with Crippen molar-refractivity contribution < 1.29 is 4.74 Å². The summed E-state index contributed by atoms with van der Waals surface area (Å²) in [6.07, 6.45) is 1.11. The Morgan fingerprint density at radius 2 is 1.86 bits per heavy atom. The summed E-state index contributed by atoms with van der Waals surface area (Å²) in [5, 5.41) is 3.43. The maximum absolute atomic E-state index is 5.39. The summed E-state index contributed by atoms with van der Waals surface area (Å²) in [6, 6.07) is 0. The zero-order valence-electron chi connectivity index (χ0n) is 10.5. The van der Waals surface area contributed by atoms with Crippen LogP contribution in [0.4, 0.5) is 0 Å². The van der Waals surface area contributed by atoms with Crippen LogP contribution in [0.5, 0.6) is 0 Å². The predicted molar refractivity (Wildman–Crippen MR) is 62.6 cm³/mol. The summed E-state index contributed by atoms with van der Waals surface area (Å²) < 4.78 is 5.39. The molecule has 14 heavy (non-hydrogen) atoms. The minimum absolute atomic E-state index is 0.400. The van der Waals surface area contributed by atoms with E-state index in [1.807, 2.05) is 0 Å². The van der Waals surface area contributed by atoms with Crippen LogP contribution in [0.15, 0.2) is 0 Å². The first kappa shape index (κ1) is 13.9. The molecule has 0 aromatic rings. The van der Waals surface area contributed by atoms with Gasteiger partial charge in [0.25, 0.3) is 0 Å². The SMILES string of the molecule is CCCOCCNCC(C)C(C)(C)C. The Kier molecular flexibility index (Phi) is 7.20. The molecule has 0 saturated carbocycles. The highest BCUT2D eigenvalue weighted by Gasteiger charge is 2.18. The van der Waals surface area contributed by atoms with Gasteiger partial charge in [0, 0.05) is 13.2 Å². The van der Waals surface area contributed by atoms with E-state index in [0.717, 1.165) is 32.7 Å². The highest BCUT2D eigenvalue weighted by molar-refractivity contribution is 4.71. The number of rotatable bonds is 7. The summed E-state index contributed by atoms with van der Waals surface area (Å²) >= 11 is 0. The van der Waals surface area contributed by atoms with Crippen molar-refractivity contribution >= 4 is 0 Å². The van der Waals surface area contributed by atoms with Gasteiger partial charge in [-0.1, -0.05) is 34.6 Å². The van der Waals surface area contributed by atoms with Crippen molar-refractivity contribution in [3.63, 3.8) is 0 Å². The van der Waals surface area contributed by atoms with Crippen LogP contribution in [0.3, 0.4) is 0 Å². The minimum atomic E-state index is 0.400. The quantitative estimate of drug-likeness (QED) is 0.639. The first-order chi connectivity index (χ1) is 6.48.